The fraction of sp³-hybridized carbons (Fsp3) is 0.800. The minimum absolute atomic E-state index is 0.327. The Bertz CT molecular complexity index is 381. The summed E-state index contributed by atoms with van der Waals surface area (Å²) < 4.78 is 0. The van der Waals surface area contributed by atoms with Gasteiger partial charge in [0.1, 0.15) is 0 Å². The maximum Gasteiger partial charge on any atom is 0.185 e. The third-order valence-electron chi connectivity index (χ3n) is 3.70. The largest absolute Gasteiger partial charge is 0.346 e. The highest BCUT2D eigenvalue weighted by molar-refractivity contribution is 7.13. The van der Waals surface area contributed by atoms with Gasteiger partial charge in [-0.05, 0) is 5.41 Å². The molecule has 1 N–H and O–H groups in total. The van der Waals surface area contributed by atoms with E-state index in [1.807, 2.05) is 6.20 Å². The number of hydrogen-bond donors (Lipinski definition) is 1. The molecule has 0 atom stereocenters. The summed E-state index contributed by atoms with van der Waals surface area (Å²) in [5, 5.41) is 6.79. The summed E-state index contributed by atoms with van der Waals surface area (Å²) in [4.78, 5) is 9.40. The average Bonchev–Trinajstić information content (AvgIpc) is 2.91. The van der Waals surface area contributed by atoms with Gasteiger partial charge in [-0.25, -0.2) is 4.98 Å². The van der Waals surface area contributed by atoms with E-state index in [-0.39, 0.29) is 0 Å². The number of anilines is 1. The number of thiazole rings is 1. The lowest BCUT2D eigenvalue weighted by Gasteiger charge is -2.39. The van der Waals surface area contributed by atoms with Crippen LogP contribution in [-0.2, 0) is 0 Å². The van der Waals surface area contributed by atoms with Crippen LogP contribution in [0.3, 0.4) is 0 Å². The molecule has 5 heteroatoms. The summed E-state index contributed by atoms with van der Waals surface area (Å²) in [6, 6.07) is 0.566. The van der Waals surface area contributed by atoms with Crippen LogP contribution < -0.4 is 10.2 Å². The van der Waals surface area contributed by atoms with Crippen LogP contribution in [0.15, 0.2) is 11.6 Å². The maximum atomic E-state index is 4.40. The zero-order chi connectivity index (χ0) is 14.6. The first kappa shape index (κ1) is 15.7. The fourth-order valence-corrected chi connectivity index (χ4v) is 3.31. The van der Waals surface area contributed by atoms with E-state index in [1.165, 1.54) is 11.7 Å². The smallest absolute Gasteiger partial charge is 0.185 e. The Morgan fingerprint density at radius 3 is 2.55 bits per heavy atom. The predicted octanol–water partition coefficient (Wildman–Crippen LogP) is 2.29. The number of nitrogens with zero attached hydrogens (tertiary/aromatic N) is 3. The molecule has 1 aromatic heterocycles. The SMILES string of the molecule is CC(C)NCC(C)(C)CN1CCN(c2nccs2)CC1. The third-order valence-corrected chi connectivity index (χ3v) is 4.53. The van der Waals surface area contributed by atoms with Crippen molar-refractivity contribution >= 4 is 16.5 Å². The maximum absolute atomic E-state index is 4.40. The van der Waals surface area contributed by atoms with Crippen LogP contribution in [0.1, 0.15) is 27.7 Å². The van der Waals surface area contributed by atoms with Crippen molar-refractivity contribution in [3.63, 3.8) is 0 Å². The molecule has 1 saturated heterocycles. The minimum Gasteiger partial charge on any atom is -0.346 e. The van der Waals surface area contributed by atoms with Crippen molar-refractivity contribution < 1.29 is 0 Å². The molecule has 2 heterocycles. The molecular weight excluding hydrogens is 268 g/mol. The Labute approximate surface area is 127 Å². The Balaban J connectivity index is 1.76. The molecule has 0 aromatic carbocycles. The quantitative estimate of drug-likeness (QED) is 0.873. The van der Waals surface area contributed by atoms with Gasteiger partial charge in [0.2, 0.25) is 0 Å². The van der Waals surface area contributed by atoms with E-state index in [9.17, 15) is 0 Å². The van der Waals surface area contributed by atoms with Gasteiger partial charge in [-0.2, -0.15) is 0 Å². The summed E-state index contributed by atoms with van der Waals surface area (Å²) in [5.74, 6) is 0. The lowest BCUT2D eigenvalue weighted by molar-refractivity contribution is 0.164. The van der Waals surface area contributed by atoms with Crippen LogP contribution in [0.4, 0.5) is 5.13 Å². The third kappa shape index (κ3) is 4.72. The lowest BCUT2D eigenvalue weighted by atomic mass is 9.92. The van der Waals surface area contributed by atoms with Gasteiger partial charge in [0.25, 0.3) is 0 Å². The summed E-state index contributed by atoms with van der Waals surface area (Å²) >= 11 is 1.74. The van der Waals surface area contributed by atoms with Crippen LogP contribution >= 0.6 is 11.3 Å². The van der Waals surface area contributed by atoms with E-state index >= 15 is 0 Å². The molecule has 1 fully saturated rings. The molecule has 0 spiro atoms. The number of rotatable bonds is 6. The van der Waals surface area contributed by atoms with Gasteiger partial charge >= 0.3 is 0 Å². The van der Waals surface area contributed by atoms with Crippen molar-refractivity contribution in [1.82, 2.24) is 15.2 Å². The highest BCUT2D eigenvalue weighted by atomic mass is 32.1. The highest BCUT2D eigenvalue weighted by Gasteiger charge is 2.25. The van der Waals surface area contributed by atoms with E-state index < -0.39 is 0 Å². The Hall–Kier alpha value is -0.650. The predicted molar refractivity (Wildman–Crippen MR) is 87.7 cm³/mol. The number of piperazine rings is 1. The number of nitrogens with one attached hydrogen (secondary N) is 1. The van der Waals surface area contributed by atoms with Crippen LogP contribution in [0.5, 0.6) is 0 Å². The van der Waals surface area contributed by atoms with E-state index in [0.717, 1.165) is 32.7 Å². The molecule has 0 radical (unpaired) electrons. The van der Waals surface area contributed by atoms with Crippen LogP contribution in [-0.4, -0.2) is 55.2 Å². The number of aromatic nitrogens is 1. The Morgan fingerprint density at radius 2 is 2.00 bits per heavy atom. The van der Waals surface area contributed by atoms with Gasteiger partial charge in [-0.3, -0.25) is 4.90 Å². The average molecular weight is 296 g/mol. The van der Waals surface area contributed by atoms with Crippen LogP contribution in [0.25, 0.3) is 0 Å². The second kappa shape index (κ2) is 6.87. The van der Waals surface area contributed by atoms with Crippen molar-refractivity contribution in [3.05, 3.63) is 11.6 Å². The van der Waals surface area contributed by atoms with Gasteiger partial charge in [0.05, 0.1) is 0 Å². The molecule has 114 valence electrons. The second-order valence-corrected chi connectivity index (χ2v) is 7.65. The molecule has 0 aliphatic carbocycles. The zero-order valence-electron chi connectivity index (χ0n) is 13.2. The standard InChI is InChI=1S/C15H28N4S/c1-13(2)17-11-15(3,4)12-18-6-8-19(9-7-18)14-16-5-10-20-14/h5,10,13,17H,6-9,11-12H2,1-4H3. The first-order chi connectivity index (χ1) is 9.46. The van der Waals surface area contributed by atoms with Crippen molar-refractivity contribution in [2.45, 2.75) is 33.7 Å². The molecule has 1 aliphatic heterocycles. The molecule has 4 nitrogen and oxygen atoms in total. The van der Waals surface area contributed by atoms with E-state index in [0.29, 0.717) is 11.5 Å². The molecule has 0 amide bonds. The topological polar surface area (TPSA) is 31.4 Å². The molecule has 0 unspecified atom stereocenters. The summed E-state index contributed by atoms with van der Waals surface area (Å²) in [5.41, 5.74) is 0.327. The first-order valence-electron chi connectivity index (χ1n) is 7.56. The molecule has 2 rings (SSSR count). The van der Waals surface area contributed by atoms with Gasteiger partial charge < -0.3 is 10.2 Å². The van der Waals surface area contributed by atoms with E-state index in [4.69, 9.17) is 0 Å². The van der Waals surface area contributed by atoms with Crippen molar-refractivity contribution in [3.8, 4) is 0 Å². The number of hydrogen-bond acceptors (Lipinski definition) is 5. The summed E-state index contributed by atoms with van der Waals surface area (Å²) in [7, 11) is 0. The van der Waals surface area contributed by atoms with Crippen LogP contribution in [0.2, 0.25) is 0 Å². The monoisotopic (exact) mass is 296 g/mol. The molecule has 1 aromatic rings. The van der Waals surface area contributed by atoms with Crippen LogP contribution in [0, 0.1) is 5.41 Å². The molecule has 0 bridgehead atoms. The van der Waals surface area contributed by atoms with Crippen molar-refractivity contribution in [2.24, 2.45) is 5.41 Å². The Morgan fingerprint density at radius 1 is 1.30 bits per heavy atom. The summed E-state index contributed by atoms with van der Waals surface area (Å²) in [6.07, 6.45) is 1.90. The van der Waals surface area contributed by atoms with Crippen molar-refractivity contribution in [2.75, 3.05) is 44.2 Å². The highest BCUT2D eigenvalue weighted by Crippen LogP contribution is 2.21. The van der Waals surface area contributed by atoms with E-state index in [2.05, 4.69) is 53.2 Å². The fourth-order valence-electron chi connectivity index (χ4n) is 2.61. The van der Waals surface area contributed by atoms with Crippen molar-refractivity contribution in [1.29, 1.82) is 0 Å². The molecule has 1 aliphatic rings. The van der Waals surface area contributed by atoms with E-state index in [1.54, 1.807) is 11.3 Å². The minimum atomic E-state index is 0.327. The lowest BCUT2D eigenvalue weighted by Crippen LogP contribution is -2.50. The molecule has 0 saturated carbocycles. The second-order valence-electron chi connectivity index (χ2n) is 6.78. The Kier molecular flexibility index (Phi) is 5.41. The molecule has 20 heavy (non-hydrogen) atoms. The molecular formula is C15H28N4S. The van der Waals surface area contributed by atoms with Gasteiger partial charge in [0, 0.05) is 56.9 Å². The van der Waals surface area contributed by atoms with Gasteiger partial charge in [-0.15, -0.1) is 11.3 Å². The van der Waals surface area contributed by atoms with Gasteiger partial charge in [-0.1, -0.05) is 27.7 Å². The van der Waals surface area contributed by atoms with Gasteiger partial charge in [0.15, 0.2) is 5.13 Å². The summed E-state index contributed by atoms with van der Waals surface area (Å²) in [6.45, 7) is 15.9. The normalized spacial score (nSPS) is 17.9. The zero-order valence-corrected chi connectivity index (χ0v) is 14.0. The first-order valence-corrected chi connectivity index (χ1v) is 8.44.